The Morgan fingerprint density at radius 2 is 1.83 bits per heavy atom. The zero-order chi connectivity index (χ0) is 13.4. The fourth-order valence-corrected chi connectivity index (χ4v) is 3.44. The van der Waals surface area contributed by atoms with Crippen molar-refractivity contribution in [3.63, 3.8) is 0 Å². The average Bonchev–Trinajstić information content (AvgIpc) is 2.39. The molecule has 0 amide bonds. The standard InChI is InChI=1S/C16H22OSi/c1-4-5-6-7-11-14-16(17)18(2,3)15-12-9-8-10-13-15/h8-10,12-13H,4-7H2,1-3H3. The smallest absolute Gasteiger partial charge is 0.185 e. The van der Waals surface area contributed by atoms with Crippen molar-refractivity contribution >= 4 is 18.7 Å². The molecule has 0 atom stereocenters. The Balaban J connectivity index is 2.65. The van der Waals surface area contributed by atoms with Gasteiger partial charge >= 0.3 is 0 Å². The van der Waals surface area contributed by atoms with E-state index < -0.39 is 8.07 Å². The average molecular weight is 258 g/mol. The third-order valence-electron chi connectivity index (χ3n) is 3.17. The van der Waals surface area contributed by atoms with Crippen molar-refractivity contribution < 1.29 is 4.79 Å². The molecule has 1 aromatic carbocycles. The lowest BCUT2D eigenvalue weighted by molar-refractivity contribution is -0.107. The third-order valence-corrected chi connectivity index (χ3v) is 6.21. The van der Waals surface area contributed by atoms with Gasteiger partial charge in [0.25, 0.3) is 0 Å². The monoisotopic (exact) mass is 258 g/mol. The Morgan fingerprint density at radius 3 is 2.44 bits per heavy atom. The van der Waals surface area contributed by atoms with Gasteiger partial charge in [0.2, 0.25) is 0 Å². The molecule has 0 heterocycles. The van der Waals surface area contributed by atoms with Crippen LogP contribution in [-0.4, -0.2) is 13.5 Å². The lowest BCUT2D eigenvalue weighted by Crippen LogP contribution is -2.49. The molecule has 96 valence electrons. The van der Waals surface area contributed by atoms with Crippen molar-refractivity contribution in [2.75, 3.05) is 0 Å². The zero-order valence-electron chi connectivity index (χ0n) is 11.6. The van der Waals surface area contributed by atoms with Crippen LogP contribution in [0, 0.1) is 11.8 Å². The number of hydrogen-bond acceptors (Lipinski definition) is 1. The Morgan fingerprint density at radius 1 is 1.17 bits per heavy atom. The number of unbranched alkanes of at least 4 members (excludes halogenated alkanes) is 3. The third kappa shape index (κ3) is 4.16. The molecule has 0 radical (unpaired) electrons. The number of carbonyl (C=O) groups excluding carboxylic acids is 1. The van der Waals surface area contributed by atoms with Crippen LogP contribution < -0.4 is 5.19 Å². The molecule has 1 aromatic rings. The maximum absolute atomic E-state index is 12.2. The van der Waals surface area contributed by atoms with Gasteiger partial charge in [-0.3, -0.25) is 4.79 Å². The molecule has 0 aromatic heterocycles. The van der Waals surface area contributed by atoms with Gasteiger partial charge in [0.15, 0.2) is 13.5 Å². The quantitative estimate of drug-likeness (QED) is 0.450. The lowest BCUT2D eigenvalue weighted by Gasteiger charge is -2.17. The molecule has 0 fully saturated rings. The first-order valence-electron chi connectivity index (χ1n) is 6.68. The van der Waals surface area contributed by atoms with Gasteiger partial charge < -0.3 is 0 Å². The summed E-state index contributed by atoms with van der Waals surface area (Å²) in [5.74, 6) is 5.88. The first-order valence-corrected chi connectivity index (χ1v) is 9.68. The molecule has 1 nitrogen and oxygen atoms in total. The van der Waals surface area contributed by atoms with E-state index in [2.05, 4.69) is 31.9 Å². The summed E-state index contributed by atoms with van der Waals surface area (Å²) in [5, 5.41) is 1.31. The largest absolute Gasteiger partial charge is 0.291 e. The summed E-state index contributed by atoms with van der Waals surface area (Å²) in [5.41, 5.74) is 0. The zero-order valence-corrected chi connectivity index (χ0v) is 12.6. The maximum atomic E-state index is 12.2. The minimum atomic E-state index is -2.06. The highest BCUT2D eigenvalue weighted by atomic mass is 28.3. The van der Waals surface area contributed by atoms with E-state index in [1.807, 2.05) is 30.3 Å². The second-order valence-electron chi connectivity index (χ2n) is 5.08. The van der Waals surface area contributed by atoms with Gasteiger partial charge in [-0.2, -0.15) is 0 Å². The minimum absolute atomic E-state index is 0.144. The molecular weight excluding hydrogens is 236 g/mol. The summed E-state index contributed by atoms with van der Waals surface area (Å²) in [6.07, 6.45) is 4.34. The van der Waals surface area contributed by atoms with E-state index in [9.17, 15) is 4.79 Å². The number of carbonyl (C=O) groups is 1. The first kappa shape index (κ1) is 14.7. The molecule has 0 saturated heterocycles. The molecule has 0 bridgehead atoms. The summed E-state index contributed by atoms with van der Waals surface area (Å²) in [6.45, 7) is 6.32. The lowest BCUT2D eigenvalue weighted by atomic mass is 10.2. The molecule has 0 aliphatic carbocycles. The highest BCUT2D eigenvalue weighted by Crippen LogP contribution is 2.04. The Hall–Kier alpha value is -1.33. The maximum Gasteiger partial charge on any atom is 0.185 e. The van der Waals surface area contributed by atoms with E-state index in [0.717, 1.165) is 18.0 Å². The predicted octanol–water partition coefficient (Wildman–Crippen LogP) is 3.29. The SMILES string of the molecule is CCCCCC#CC(=O)[Si](C)(C)c1ccccc1. The minimum Gasteiger partial charge on any atom is -0.291 e. The second kappa shape index (κ2) is 7.18. The van der Waals surface area contributed by atoms with Crippen molar-refractivity contribution in [2.45, 2.75) is 45.7 Å². The first-order chi connectivity index (χ1) is 8.59. The molecule has 0 spiro atoms. The van der Waals surface area contributed by atoms with Crippen LogP contribution in [0.15, 0.2) is 30.3 Å². The Kier molecular flexibility index (Phi) is 5.87. The van der Waals surface area contributed by atoms with E-state index >= 15 is 0 Å². The summed E-state index contributed by atoms with van der Waals surface area (Å²) in [4.78, 5) is 12.2. The Bertz CT molecular complexity index is 437. The molecule has 2 heteroatoms. The van der Waals surface area contributed by atoms with Gasteiger partial charge in [0, 0.05) is 6.42 Å². The van der Waals surface area contributed by atoms with Gasteiger partial charge in [-0.05, 0) is 17.5 Å². The predicted molar refractivity (Wildman–Crippen MR) is 80.5 cm³/mol. The van der Waals surface area contributed by atoms with Crippen LogP contribution in [-0.2, 0) is 4.79 Å². The molecular formula is C16H22OSi. The Labute approximate surface area is 112 Å². The summed E-state index contributed by atoms with van der Waals surface area (Å²) >= 11 is 0. The molecule has 1 rings (SSSR count). The number of benzene rings is 1. The molecule has 0 unspecified atom stereocenters. The highest BCUT2D eigenvalue weighted by molar-refractivity contribution is 7.14. The number of rotatable bonds is 5. The van der Waals surface area contributed by atoms with Crippen molar-refractivity contribution in [2.24, 2.45) is 0 Å². The van der Waals surface area contributed by atoms with Crippen LogP contribution in [0.2, 0.25) is 13.1 Å². The molecule has 0 N–H and O–H groups in total. The van der Waals surface area contributed by atoms with Crippen molar-refractivity contribution in [3.8, 4) is 11.8 Å². The summed E-state index contributed by atoms with van der Waals surface area (Å²) in [7, 11) is -2.06. The van der Waals surface area contributed by atoms with Crippen molar-refractivity contribution in [1.82, 2.24) is 0 Å². The van der Waals surface area contributed by atoms with E-state index in [-0.39, 0.29) is 5.41 Å². The van der Waals surface area contributed by atoms with Crippen molar-refractivity contribution in [3.05, 3.63) is 30.3 Å². The van der Waals surface area contributed by atoms with Crippen LogP contribution in [0.25, 0.3) is 0 Å². The number of hydrogen-bond donors (Lipinski definition) is 0. The van der Waals surface area contributed by atoms with Gasteiger partial charge in [-0.25, -0.2) is 0 Å². The normalized spacial score (nSPS) is 10.6. The molecule has 18 heavy (non-hydrogen) atoms. The van der Waals surface area contributed by atoms with Crippen LogP contribution in [0.4, 0.5) is 0 Å². The van der Waals surface area contributed by atoms with E-state index in [1.165, 1.54) is 12.8 Å². The van der Waals surface area contributed by atoms with E-state index in [1.54, 1.807) is 0 Å². The summed E-state index contributed by atoms with van der Waals surface area (Å²) < 4.78 is 0. The molecule has 0 saturated carbocycles. The second-order valence-corrected chi connectivity index (χ2v) is 9.36. The van der Waals surface area contributed by atoms with Gasteiger partial charge in [0.05, 0.1) is 0 Å². The van der Waals surface area contributed by atoms with Gasteiger partial charge in [-0.1, -0.05) is 69.1 Å². The molecule has 0 aliphatic rings. The van der Waals surface area contributed by atoms with Crippen LogP contribution in [0.5, 0.6) is 0 Å². The fourth-order valence-electron chi connectivity index (χ4n) is 1.75. The van der Waals surface area contributed by atoms with Gasteiger partial charge in [-0.15, -0.1) is 0 Å². The highest BCUT2D eigenvalue weighted by Gasteiger charge is 2.31. The van der Waals surface area contributed by atoms with Gasteiger partial charge in [0.1, 0.15) is 0 Å². The van der Waals surface area contributed by atoms with Crippen LogP contribution >= 0.6 is 0 Å². The molecule has 0 aliphatic heterocycles. The van der Waals surface area contributed by atoms with Crippen LogP contribution in [0.1, 0.15) is 32.6 Å². The van der Waals surface area contributed by atoms with Crippen LogP contribution in [0.3, 0.4) is 0 Å². The summed E-state index contributed by atoms with van der Waals surface area (Å²) in [6, 6.07) is 10.1. The topological polar surface area (TPSA) is 17.1 Å². The van der Waals surface area contributed by atoms with Crippen molar-refractivity contribution in [1.29, 1.82) is 0 Å². The fraction of sp³-hybridized carbons (Fsp3) is 0.438. The van der Waals surface area contributed by atoms with E-state index in [4.69, 9.17) is 0 Å². The van der Waals surface area contributed by atoms with E-state index in [0.29, 0.717) is 0 Å².